The number of benzene rings is 1. The van der Waals surface area contributed by atoms with E-state index in [1.165, 1.54) is 11.8 Å². The van der Waals surface area contributed by atoms with E-state index >= 15 is 0 Å². The summed E-state index contributed by atoms with van der Waals surface area (Å²) in [5, 5.41) is 2.13. The quantitative estimate of drug-likeness (QED) is 0.740. The van der Waals surface area contributed by atoms with Crippen LogP contribution >= 0.6 is 27.7 Å². The van der Waals surface area contributed by atoms with Crippen LogP contribution in [-0.4, -0.2) is 47.8 Å². The first-order chi connectivity index (χ1) is 11.0. The van der Waals surface area contributed by atoms with Crippen LogP contribution in [-0.2, 0) is 20.1 Å². The predicted octanol–water partition coefficient (Wildman–Crippen LogP) is 2.17. The zero-order valence-electron chi connectivity index (χ0n) is 12.6. The van der Waals surface area contributed by atoms with Gasteiger partial charge in [-0.1, -0.05) is 28.1 Å². The van der Waals surface area contributed by atoms with Gasteiger partial charge >= 0.3 is 12.0 Å². The van der Waals surface area contributed by atoms with Gasteiger partial charge in [0.05, 0.1) is 5.25 Å². The SMILES string of the molecule is C[C@H](SCc1ccc(Br)cc1)C(=O)OCC(=O)N1CCNC1=O. The normalized spacial score (nSPS) is 15.2. The molecule has 0 aliphatic carbocycles. The Labute approximate surface area is 147 Å². The molecule has 8 heteroatoms. The standard InChI is InChI=1S/C15H17BrN2O4S/c1-10(23-9-11-2-4-12(16)5-3-11)14(20)22-8-13(19)18-7-6-17-15(18)21/h2-5,10H,6-9H2,1H3,(H,17,21)/t10-/m0/s1. The Hall–Kier alpha value is -1.54. The second kappa shape index (κ2) is 8.35. The number of thioether (sulfide) groups is 1. The van der Waals surface area contributed by atoms with Gasteiger partial charge in [-0.3, -0.25) is 14.5 Å². The number of nitrogens with zero attached hydrogens (tertiary/aromatic N) is 1. The molecule has 2 rings (SSSR count). The zero-order chi connectivity index (χ0) is 16.8. The first kappa shape index (κ1) is 17.8. The summed E-state index contributed by atoms with van der Waals surface area (Å²) in [7, 11) is 0. The van der Waals surface area contributed by atoms with E-state index in [0.717, 1.165) is 14.9 Å². The van der Waals surface area contributed by atoms with E-state index in [1.807, 2.05) is 24.3 Å². The highest BCUT2D eigenvalue weighted by Gasteiger charge is 2.27. The van der Waals surface area contributed by atoms with E-state index in [9.17, 15) is 14.4 Å². The summed E-state index contributed by atoms with van der Waals surface area (Å²) >= 11 is 4.80. The summed E-state index contributed by atoms with van der Waals surface area (Å²) < 4.78 is 6.00. The number of halogens is 1. The van der Waals surface area contributed by atoms with E-state index in [2.05, 4.69) is 21.2 Å². The smallest absolute Gasteiger partial charge is 0.324 e. The predicted molar refractivity (Wildman–Crippen MR) is 91.0 cm³/mol. The van der Waals surface area contributed by atoms with Gasteiger partial charge in [0.2, 0.25) is 0 Å². The van der Waals surface area contributed by atoms with Crippen molar-refractivity contribution in [1.82, 2.24) is 10.2 Å². The topological polar surface area (TPSA) is 75.7 Å². The lowest BCUT2D eigenvalue weighted by Crippen LogP contribution is -2.37. The molecule has 0 radical (unpaired) electrons. The van der Waals surface area contributed by atoms with Crippen molar-refractivity contribution in [2.75, 3.05) is 19.7 Å². The molecule has 1 aromatic carbocycles. The van der Waals surface area contributed by atoms with Crippen LogP contribution in [0.25, 0.3) is 0 Å². The summed E-state index contributed by atoms with van der Waals surface area (Å²) in [6.45, 7) is 2.06. The highest BCUT2D eigenvalue weighted by molar-refractivity contribution is 9.10. The molecule has 0 bridgehead atoms. The number of amides is 3. The van der Waals surface area contributed by atoms with Crippen LogP contribution in [0.3, 0.4) is 0 Å². The van der Waals surface area contributed by atoms with Crippen LogP contribution in [0.2, 0.25) is 0 Å². The van der Waals surface area contributed by atoms with Crippen molar-refractivity contribution in [3.63, 3.8) is 0 Å². The van der Waals surface area contributed by atoms with Crippen LogP contribution < -0.4 is 5.32 Å². The molecule has 6 nitrogen and oxygen atoms in total. The Morgan fingerprint density at radius 2 is 2.09 bits per heavy atom. The van der Waals surface area contributed by atoms with E-state index in [1.54, 1.807) is 6.92 Å². The van der Waals surface area contributed by atoms with Gasteiger partial charge in [-0.05, 0) is 24.6 Å². The molecule has 0 saturated carbocycles. The van der Waals surface area contributed by atoms with Gasteiger partial charge in [-0.25, -0.2) is 4.79 Å². The summed E-state index contributed by atoms with van der Waals surface area (Å²) in [5.74, 6) is -0.287. The lowest BCUT2D eigenvalue weighted by atomic mass is 10.2. The number of esters is 1. The fraction of sp³-hybridized carbons (Fsp3) is 0.400. The molecule has 0 spiro atoms. The second-order valence-corrected chi connectivity index (χ2v) is 7.21. The Morgan fingerprint density at radius 1 is 1.39 bits per heavy atom. The number of carbonyl (C=O) groups excluding carboxylic acids is 3. The molecule has 1 atom stereocenters. The van der Waals surface area contributed by atoms with Crippen molar-refractivity contribution in [2.24, 2.45) is 0 Å². The molecule has 23 heavy (non-hydrogen) atoms. The highest BCUT2D eigenvalue weighted by Crippen LogP contribution is 2.20. The third-order valence-electron chi connectivity index (χ3n) is 3.24. The Morgan fingerprint density at radius 3 is 2.70 bits per heavy atom. The van der Waals surface area contributed by atoms with Gasteiger partial charge < -0.3 is 10.1 Å². The molecule has 1 N–H and O–H groups in total. The molecular formula is C15H17BrN2O4S. The van der Waals surface area contributed by atoms with Crippen molar-refractivity contribution < 1.29 is 19.1 Å². The average molecular weight is 401 g/mol. The molecule has 1 aliphatic rings. The first-order valence-electron chi connectivity index (χ1n) is 7.08. The molecule has 0 aromatic heterocycles. The number of carbonyl (C=O) groups is 3. The van der Waals surface area contributed by atoms with Gasteiger partial charge in [-0.15, -0.1) is 11.8 Å². The van der Waals surface area contributed by atoms with Crippen molar-refractivity contribution in [1.29, 1.82) is 0 Å². The summed E-state index contributed by atoms with van der Waals surface area (Å²) in [5.41, 5.74) is 1.10. The molecule has 1 aliphatic heterocycles. The zero-order valence-corrected chi connectivity index (χ0v) is 15.0. The van der Waals surface area contributed by atoms with E-state index in [0.29, 0.717) is 18.8 Å². The monoisotopic (exact) mass is 400 g/mol. The fourth-order valence-electron chi connectivity index (χ4n) is 1.91. The summed E-state index contributed by atoms with van der Waals surface area (Å²) in [4.78, 5) is 36.0. The molecule has 0 unspecified atom stereocenters. The number of hydrogen-bond donors (Lipinski definition) is 1. The molecule has 1 aromatic rings. The van der Waals surface area contributed by atoms with Gasteiger partial charge in [0, 0.05) is 23.3 Å². The summed E-state index contributed by atoms with van der Waals surface area (Å²) in [6, 6.07) is 7.40. The van der Waals surface area contributed by atoms with Gasteiger partial charge in [-0.2, -0.15) is 0 Å². The minimum Gasteiger partial charge on any atom is -0.455 e. The summed E-state index contributed by atoms with van der Waals surface area (Å²) in [6.07, 6.45) is 0. The largest absolute Gasteiger partial charge is 0.455 e. The minimum atomic E-state index is -0.501. The highest BCUT2D eigenvalue weighted by atomic mass is 79.9. The van der Waals surface area contributed by atoms with Gasteiger partial charge in [0.25, 0.3) is 5.91 Å². The number of hydrogen-bond acceptors (Lipinski definition) is 5. The van der Waals surface area contributed by atoms with Crippen LogP contribution in [0.1, 0.15) is 12.5 Å². The average Bonchev–Trinajstić information content (AvgIpc) is 2.97. The van der Waals surface area contributed by atoms with Crippen LogP contribution in [0.4, 0.5) is 4.79 Å². The van der Waals surface area contributed by atoms with E-state index in [-0.39, 0.29) is 5.25 Å². The first-order valence-corrected chi connectivity index (χ1v) is 8.92. The van der Waals surface area contributed by atoms with Crippen molar-refractivity contribution in [2.45, 2.75) is 17.9 Å². The van der Waals surface area contributed by atoms with Gasteiger partial charge in [0.1, 0.15) is 0 Å². The second-order valence-electron chi connectivity index (χ2n) is 4.96. The Kier molecular flexibility index (Phi) is 6.47. The maximum Gasteiger partial charge on any atom is 0.324 e. The molecular weight excluding hydrogens is 384 g/mol. The molecule has 3 amide bonds. The van der Waals surface area contributed by atoms with Crippen LogP contribution in [0.5, 0.6) is 0 Å². The Bertz CT molecular complexity index is 594. The van der Waals surface area contributed by atoms with E-state index < -0.39 is 24.5 Å². The molecule has 1 heterocycles. The lowest BCUT2D eigenvalue weighted by molar-refractivity contribution is -0.149. The number of nitrogens with one attached hydrogen (secondary N) is 1. The van der Waals surface area contributed by atoms with Crippen molar-refractivity contribution in [3.8, 4) is 0 Å². The third kappa shape index (κ3) is 5.24. The molecule has 1 saturated heterocycles. The van der Waals surface area contributed by atoms with E-state index in [4.69, 9.17) is 4.74 Å². The molecule has 124 valence electrons. The van der Waals surface area contributed by atoms with Crippen LogP contribution in [0.15, 0.2) is 28.7 Å². The van der Waals surface area contributed by atoms with Crippen molar-refractivity contribution >= 4 is 45.6 Å². The van der Waals surface area contributed by atoms with Crippen molar-refractivity contribution in [3.05, 3.63) is 34.3 Å². The minimum absolute atomic E-state index is 0.309. The number of urea groups is 1. The number of imide groups is 1. The Balaban J connectivity index is 1.73. The fourth-order valence-corrected chi connectivity index (χ4v) is 3.01. The van der Waals surface area contributed by atoms with Crippen LogP contribution in [0, 0.1) is 0 Å². The maximum atomic E-state index is 11.9. The van der Waals surface area contributed by atoms with Gasteiger partial charge in [0.15, 0.2) is 6.61 Å². The number of rotatable bonds is 6. The molecule has 1 fully saturated rings. The maximum absolute atomic E-state index is 11.9. The lowest BCUT2D eigenvalue weighted by Gasteiger charge is -2.14. The third-order valence-corrected chi connectivity index (χ3v) is 4.96. The number of ether oxygens (including phenoxy) is 1.